The summed E-state index contributed by atoms with van der Waals surface area (Å²) in [5, 5.41) is 3.07. The van der Waals surface area contributed by atoms with Crippen molar-refractivity contribution in [1.82, 2.24) is 9.80 Å². The first-order chi connectivity index (χ1) is 14.5. The van der Waals surface area contributed by atoms with Crippen molar-refractivity contribution in [3.8, 4) is 0 Å². The Balaban J connectivity index is 1.54. The second kappa shape index (κ2) is 10.4. The monoisotopic (exact) mass is 407 g/mol. The number of anilines is 1. The van der Waals surface area contributed by atoms with E-state index in [9.17, 15) is 9.59 Å². The Morgan fingerprint density at radius 3 is 2.27 bits per heavy atom. The van der Waals surface area contributed by atoms with Gasteiger partial charge in [-0.05, 0) is 50.3 Å². The molecule has 1 aliphatic carbocycles. The van der Waals surface area contributed by atoms with E-state index >= 15 is 0 Å². The minimum atomic E-state index is -0.0108. The van der Waals surface area contributed by atoms with Crippen molar-refractivity contribution < 1.29 is 9.59 Å². The van der Waals surface area contributed by atoms with Crippen LogP contribution in [0.3, 0.4) is 0 Å². The number of nitrogens with one attached hydrogen (secondary N) is 1. The smallest absolute Gasteiger partial charge is 0.238 e. The Hall–Kier alpha value is -2.66. The SMILES string of the molecule is CCN(Cc1ccccc1)C(=O)CCN(CC(=O)Nc1c(C)cccc1C)C1CC1. The number of benzene rings is 2. The molecule has 1 fully saturated rings. The number of hydrogen-bond donors (Lipinski definition) is 1. The van der Waals surface area contributed by atoms with Crippen LogP contribution >= 0.6 is 0 Å². The van der Waals surface area contributed by atoms with Crippen LogP contribution in [0.15, 0.2) is 48.5 Å². The summed E-state index contributed by atoms with van der Waals surface area (Å²) in [6.45, 7) is 8.29. The molecule has 1 aliphatic rings. The first kappa shape index (κ1) is 22.0. The number of carbonyl (C=O) groups excluding carboxylic acids is 2. The third-order valence-electron chi connectivity index (χ3n) is 5.72. The number of carbonyl (C=O) groups is 2. The molecule has 30 heavy (non-hydrogen) atoms. The lowest BCUT2D eigenvalue weighted by Crippen LogP contribution is -2.39. The largest absolute Gasteiger partial charge is 0.339 e. The van der Waals surface area contributed by atoms with Crippen LogP contribution in [-0.2, 0) is 16.1 Å². The number of rotatable bonds is 10. The molecule has 0 atom stereocenters. The first-order valence-corrected chi connectivity index (χ1v) is 10.9. The molecule has 0 aliphatic heterocycles. The van der Waals surface area contributed by atoms with Crippen LogP contribution in [0.2, 0.25) is 0 Å². The minimum absolute atomic E-state index is 0.0108. The molecule has 5 heteroatoms. The fraction of sp³-hybridized carbons (Fsp3) is 0.440. The van der Waals surface area contributed by atoms with Crippen LogP contribution in [0.4, 0.5) is 5.69 Å². The second-order valence-electron chi connectivity index (χ2n) is 8.16. The zero-order valence-electron chi connectivity index (χ0n) is 18.4. The van der Waals surface area contributed by atoms with Gasteiger partial charge in [0.15, 0.2) is 0 Å². The molecule has 0 heterocycles. The van der Waals surface area contributed by atoms with Crippen LogP contribution in [0.5, 0.6) is 0 Å². The summed E-state index contributed by atoms with van der Waals surface area (Å²) in [5.74, 6) is 0.130. The predicted molar refractivity (Wildman–Crippen MR) is 121 cm³/mol. The molecule has 0 unspecified atom stereocenters. The molecular weight excluding hydrogens is 374 g/mol. The molecule has 0 saturated heterocycles. The molecule has 0 bridgehead atoms. The lowest BCUT2D eigenvalue weighted by atomic mass is 10.1. The van der Waals surface area contributed by atoms with Crippen molar-refractivity contribution in [3.05, 3.63) is 65.2 Å². The van der Waals surface area contributed by atoms with Gasteiger partial charge in [-0.3, -0.25) is 14.5 Å². The van der Waals surface area contributed by atoms with Gasteiger partial charge in [0.1, 0.15) is 0 Å². The molecule has 2 amide bonds. The molecule has 2 aromatic rings. The van der Waals surface area contributed by atoms with E-state index in [1.807, 2.05) is 74.2 Å². The molecule has 2 aromatic carbocycles. The molecule has 3 rings (SSSR count). The highest BCUT2D eigenvalue weighted by molar-refractivity contribution is 5.93. The second-order valence-corrected chi connectivity index (χ2v) is 8.16. The Kier molecular flexibility index (Phi) is 7.63. The van der Waals surface area contributed by atoms with E-state index in [1.54, 1.807) is 0 Å². The number of para-hydroxylation sites is 1. The Labute approximate surface area is 180 Å². The van der Waals surface area contributed by atoms with Gasteiger partial charge in [0.05, 0.1) is 6.54 Å². The van der Waals surface area contributed by atoms with E-state index in [2.05, 4.69) is 10.2 Å². The topological polar surface area (TPSA) is 52.7 Å². The Morgan fingerprint density at radius 1 is 1.00 bits per heavy atom. The van der Waals surface area contributed by atoms with Crippen LogP contribution in [0.1, 0.15) is 42.9 Å². The van der Waals surface area contributed by atoms with Crippen molar-refractivity contribution in [2.24, 2.45) is 0 Å². The van der Waals surface area contributed by atoms with Gasteiger partial charge in [-0.2, -0.15) is 0 Å². The molecule has 0 aromatic heterocycles. The lowest BCUT2D eigenvalue weighted by molar-refractivity contribution is -0.132. The molecule has 1 N–H and O–H groups in total. The quantitative estimate of drug-likeness (QED) is 0.644. The third-order valence-corrected chi connectivity index (χ3v) is 5.72. The summed E-state index contributed by atoms with van der Waals surface area (Å²) >= 11 is 0. The summed E-state index contributed by atoms with van der Waals surface area (Å²) in [6, 6.07) is 16.5. The van der Waals surface area contributed by atoms with Crippen molar-refractivity contribution in [1.29, 1.82) is 0 Å². The maximum atomic E-state index is 12.8. The fourth-order valence-corrected chi connectivity index (χ4v) is 3.78. The van der Waals surface area contributed by atoms with Crippen LogP contribution in [0, 0.1) is 13.8 Å². The van der Waals surface area contributed by atoms with Gasteiger partial charge in [0.2, 0.25) is 11.8 Å². The summed E-state index contributed by atoms with van der Waals surface area (Å²) in [4.78, 5) is 29.5. The fourth-order valence-electron chi connectivity index (χ4n) is 3.78. The number of nitrogens with zero attached hydrogens (tertiary/aromatic N) is 2. The summed E-state index contributed by atoms with van der Waals surface area (Å²) < 4.78 is 0. The van der Waals surface area contributed by atoms with E-state index in [1.165, 1.54) is 0 Å². The molecule has 160 valence electrons. The normalized spacial score (nSPS) is 13.3. The van der Waals surface area contributed by atoms with Crippen LogP contribution in [0.25, 0.3) is 0 Å². The van der Waals surface area contributed by atoms with E-state index in [0.29, 0.717) is 38.6 Å². The van der Waals surface area contributed by atoms with Crippen molar-refractivity contribution in [2.45, 2.75) is 52.6 Å². The average Bonchev–Trinajstić information content (AvgIpc) is 3.58. The lowest BCUT2D eigenvalue weighted by Gasteiger charge is -2.25. The van der Waals surface area contributed by atoms with Gasteiger partial charge >= 0.3 is 0 Å². The number of amides is 2. The third kappa shape index (κ3) is 6.17. The zero-order valence-corrected chi connectivity index (χ0v) is 18.4. The molecule has 5 nitrogen and oxygen atoms in total. The Morgan fingerprint density at radius 2 is 1.67 bits per heavy atom. The van der Waals surface area contributed by atoms with Gasteiger partial charge in [0.25, 0.3) is 0 Å². The Bertz CT molecular complexity index is 842. The van der Waals surface area contributed by atoms with E-state index in [0.717, 1.165) is 35.2 Å². The number of hydrogen-bond acceptors (Lipinski definition) is 3. The summed E-state index contributed by atoms with van der Waals surface area (Å²) in [7, 11) is 0. The predicted octanol–water partition coefficient (Wildman–Crippen LogP) is 4.15. The van der Waals surface area contributed by atoms with Gasteiger partial charge in [-0.1, -0.05) is 48.5 Å². The highest BCUT2D eigenvalue weighted by atomic mass is 16.2. The van der Waals surface area contributed by atoms with Crippen molar-refractivity contribution in [3.63, 3.8) is 0 Å². The van der Waals surface area contributed by atoms with Crippen LogP contribution < -0.4 is 5.32 Å². The van der Waals surface area contributed by atoms with E-state index in [4.69, 9.17) is 0 Å². The van der Waals surface area contributed by atoms with Gasteiger partial charge in [0, 0.05) is 37.8 Å². The molecular formula is C25H33N3O2. The highest BCUT2D eigenvalue weighted by Crippen LogP contribution is 2.27. The molecule has 0 radical (unpaired) electrons. The minimum Gasteiger partial charge on any atom is -0.339 e. The zero-order chi connectivity index (χ0) is 21.5. The van der Waals surface area contributed by atoms with E-state index < -0.39 is 0 Å². The maximum Gasteiger partial charge on any atom is 0.238 e. The van der Waals surface area contributed by atoms with E-state index in [-0.39, 0.29) is 11.8 Å². The van der Waals surface area contributed by atoms with Crippen molar-refractivity contribution >= 4 is 17.5 Å². The average molecular weight is 408 g/mol. The molecule has 0 spiro atoms. The number of aryl methyl sites for hydroxylation is 2. The van der Waals surface area contributed by atoms with Crippen molar-refractivity contribution in [2.75, 3.05) is 25.0 Å². The first-order valence-electron chi connectivity index (χ1n) is 10.9. The maximum absolute atomic E-state index is 12.8. The molecule has 1 saturated carbocycles. The standard InChI is InChI=1S/C25H33N3O2/c1-4-27(17-21-11-6-5-7-12-21)24(30)15-16-28(22-13-14-22)18-23(29)26-25-19(2)9-8-10-20(25)3/h5-12,22H,4,13-18H2,1-3H3,(H,26,29). The van der Waals surface area contributed by atoms with Gasteiger partial charge in [-0.25, -0.2) is 0 Å². The van der Waals surface area contributed by atoms with Gasteiger partial charge < -0.3 is 10.2 Å². The highest BCUT2D eigenvalue weighted by Gasteiger charge is 2.31. The summed E-state index contributed by atoms with van der Waals surface area (Å²) in [6.07, 6.45) is 2.65. The summed E-state index contributed by atoms with van der Waals surface area (Å²) in [5.41, 5.74) is 4.17. The van der Waals surface area contributed by atoms with Crippen LogP contribution in [-0.4, -0.2) is 47.3 Å². The van der Waals surface area contributed by atoms with Gasteiger partial charge in [-0.15, -0.1) is 0 Å².